The lowest BCUT2D eigenvalue weighted by Crippen LogP contribution is -2.31. The lowest BCUT2D eigenvalue weighted by atomic mass is 10.1. The van der Waals surface area contributed by atoms with Gasteiger partial charge in [0.2, 0.25) is 5.91 Å². The zero-order chi connectivity index (χ0) is 11.4. The smallest absolute Gasteiger partial charge is 0.236 e. The molecular weight excluding hydrogens is 197 g/mol. The van der Waals surface area contributed by atoms with Gasteiger partial charge >= 0.3 is 0 Å². The third-order valence-corrected chi connectivity index (χ3v) is 2.07. The maximum atomic E-state index is 12.9. The fourth-order valence-corrected chi connectivity index (χ4v) is 1.41. The maximum absolute atomic E-state index is 12.9. The number of primary amides is 1. The minimum atomic E-state index is -0.440. The first-order valence-electron chi connectivity index (χ1n) is 4.52. The number of anilines is 1. The van der Waals surface area contributed by atoms with E-state index in [2.05, 4.69) is 0 Å². The number of carbonyl (C=O) groups excluding carboxylic acids is 1. The summed E-state index contributed by atoms with van der Waals surface area (Å²) in [6, 6.07) is 4.26. The lowest BCUT2D eigenvalue weighted by molar-refractivity contribution is -0.116. The molecule has 0 unspecified atom stereocenters. The summed E-state index contributed by atoms with van der Waals surface area (Å²) in [5.74, 6) is -0.781. The van der Waals surface area contributed by atoms with Gasteiger partial charge in [-0.15, -0.1) is 0 Å². The molecule has 0 radical (unpaired) electrons. The van der Waals surface area contributed by atoms with E-state index in [1.165, 1.54) is 12.1 Å². The second-order valence-electron chi connectivity index (χ2n) is 3.30. The molecule has 4 nitrogen and oxygen atoms in total. The third kappa shape index (κ3) is 2.92. The van der Waals surface area contributed by atoms with Gasteiger partial charge in [-0.2, -0.15) is 0 Å². The van der Waals surface area contributed by atoms with Gasteiger partial charge in [-0.05, 0) is 23.8 Å². The zero-order valence-corrected chi connectivity index (χ0v) is 8.53. The van der Waals surface area contributed by atoms with Crippen LogP contribution in [-0.2, 0) is 11.3 Å². The van der Waals surface area contributed by atoms with Crippen LogP contribution in [0.4, 0.5) is 10.1 Å². The Labute approximate surface area is 87.7 Å². The van der Waals surface area contributed by atoms with Gasteiger partial charge < -0.3 is 16.4 Å². The first kappa shape index (κ1) is 11.5. The molecule has 5 heteroatoms. The third-order valence-electron chi connectivity index (χ3n) is 2.07. The summed E-state index contributed by atoms with van der Waals surface area (Å²) in [7, 11) is 1.71. The van der Waals surface area contributed by atoms with Crippen molar-refractivity contribution < 1.29 is 9.18 Å². The number of nitrogens with zero attached hydrogens (tertiary/aromatic N) is 1. The standard InChI is InChI=1S/C10H14FN3O/c1-14(6-10(13)15)9-3-2-8(11)4-7(9)5-12/h2-4H,5-6,12H2,1H3,(H2,13,15). The van der Waals surface area contributed by atoms with Crippen molar-refractivity contribution in [3.8, 4) is 0 Å². The Balaban J connectivity index is 2.97. The minimum Gasteiger partial charge on any atom is -0.368 e. The van der Waals surface area contributed by atoms with E-state index in [1.54, 1.807) is 18.0 Å². The highest BCUT2D eigenvalue weighted by molar-refractivity contribution is 5.79. The quantitative estimate of drug-likeness (QED) is 0.747. The van der Waals surface area contributed by atoms with Gasteiger partial charge in [0.1, 0.15) is 5.82 Å². The van der Waals surface area contributed by atoms with Crippen LogP contribution in [0.25, 0.3) is 0 Å². The van der Waals surface area contributed by atoms with E-state index in [1.807, 2.05) is 0 Å². The first-order chi connectivity index (χ1) is 7.04. The molecule has 1 aromatic carbocycles. The van der Waals surface area contributed by atoms with Crippen LogP contribution in [0, 0.1) is 5.82 Å². The Morgan fingerprint density at radius 3 is 2.73 bits per heavy atom. The van der Waals surface area contributed by atoms with Crippen LogP contribution in [0.3, 0.4) is 0 Å². The highest BCUT2D eigenvalue weighted by atomic mass is 19.1. The molecule has 1 amide bonds. The molecule has 4 N–H and O–H groups in total. The molecule has 0 bridgehead atoms. The zero-order valence-electron chi connectivity index (χ0n) is 8.53. The number of hydrogen-bond donors (Lipinski definition) is 2. The second kappa shape index (κ2) is 4.75. The Hall–Kier alpha value is -1.62. The Morgan fingerprint density at radius 1 is 1.53 bits per heavy atom. The SMILES string of the molecule is CN(CC(N)=O)c1ccc(F)cc1CN. The van der Waals surface area contributed by atoms with Crippen LogP contribution in [0.5, 0.6) is 0 Å². The van der Waals surface area contributed by atoms with Gasteiger partial charge in [0, 0.05) is 19.3 Å². The molecule has 0 fully saturated rings. The molecule has 0 aromatic heterocycles. The second-order valence-corrected chi connectivity index (χ2v) is 3.30. The fourth-order valence-electron chi connectivity index (χ4n) is 1.41. The summed E-state index contributed by atoms with van der Waals surface area (Å²) >= 11 is 0. The molecule has 1 rings (SSSR count). The molecule has 1 aromatic rings. The summed E-state index contributed by atoms with van der Waals surface area (Å²) in [5, 5.41) is 0. The summed E-state index contributed by atoms with van der Waals surface area (Å²) in [6.07, 6.45) is 0. The van der Waals surface area contributed by atoms with Crippen LogP contribution in [0.15, 0.2) is 18.2 Å². The Kier molecular flexibility index (Phi) is 3.62. The van der Waals surface area contributed by atoms with Gasteiger partial charge in [-0.25, -0.2) is 4.39 Å². The first-order valence-corrected chi connectivity index (χ1v) is 4.52. The maximum Gasteiger partial charge on any atom is 0.236 e. The van der Waals surface area contributed by atoms with Crippen LogP contribution in [0.1, 0.15) is 5.56 Å². The number of amides is 1. The van der Waals surface area contributed by atoms with E-state index < -0.39 is 5.91 Å². The number of hydrogen-bond acceptors (Lipinski definition) is 3. The molecule has 82 valence electrons. The van der Waals surface area contributed by atoms with E-state index >= 15 is 0 Å². The molecule has 0 aliphatic rings. The number of nitrogens with two attached hydrogens (primary N) is 2. The van der Waals surface area contributed by atoms with Crippen molar-refractivity contribution >= 4 is 11.6 Å². The average molecular weight is 211 g/mol. The van der Waals surface area contributed by atoms with E-state index in [0.717, 1.165) is 5.69 Å². The normalized spacial score (nSPS) is 10.1. The fraction of sp³-hybridized carbons (Fsp3) is 0.300. The summed E-state index contributed by atoms with van der Waals surface area (Å²) in [4.78, 5) is 12.4. The number of benzene rings is 1. The monoisotopic (exact) mass is 211 g/mol. The van der Waals surface area contributed by atoms with Crippen molar-refractivity contribution in [2.45, 2.75) is 6.54 Å². The largest absolute Gasteiger partial charge is 0.368 e. The molecule has 0 saturated heterocycles. The van der Waals surface area contributed by atoms with Crippen LogP contribution < -0.4 is 16.4 Å². The minimum absolute atomic E-state index is 0.0820. The van der Waals surface area contributed by atoms with Crippen LogP contribution in [-0.4, -0.2) is 19.5 Å². The molecule has 0 atom stereocenters. The number of rotatable bonds is 4. The van der Waals surface area contributed by atoms with Crippen molar-refractivity contribution in [1.29, 1.82) is 0 Å². The molecule has 0 heterocycles. The number of likely N-dealkylation sites (N-methyl/N-ethyl adjacent to an activating group) is 1. The van der Waals surface area contributed by atoms with Crippen LogP contribution in [0.2, 0.25) is 0 Å². The van der Waals surface area contributed by atoms with Crippen molar-refractivity contribution in [1.82, 2.24) is 0 Å². The van der Waals surface area contributed by atoms with E-state index in [0.29, 0.717) is 5.56 Å². The van der Waals surface area contributed by atoms with Gasteiger partial charge in [-0.3, -0.25) is 4.79 Å². The van der Waals surface area contributed by atoms with E-state index in [-0.39, 0.29) is 18.9 Å². The number of carbonyl (C=O) groups is 1. The van der Waals surface area contributed by atoms with Crippen molar-refractivity contribution in [3.05, 3.63) is 29.6 Å². The lowest BCUT2D eigenvalue weighted by Gasteiger charge is -2.20. The molecule has 0 aliphatic carbocycles. The van der Waals surface area contributed by atoms with Gasteiger partial charge in [-0.1, -0.05) is 0 Å². The molecule has 0 spiro atoms. The predicted octanol–water partition coefficient (Wildman–Crippen LogP) is 0.206. The van der Waals surface area contributed by atoms with Crippen molar-refractivity contribution in [2.75, 3.05) is 18.5 Å². The van der Waals surface area contributed by atoms with Crippen molar-refractivity contribution in [2.24, 2.45) is 11.5 Å². The van der Waals surface area contributed by atoms with E-state index in [4.69, 9.17) is 11.5 Å². The number of halogens is 1. The highest BCUT2D eigenvalue weighted by Crippen LogP contribution is 2.19. The van der Waals surface area contributed by atoms with Gasteiger partial charge in [0.05, 0.1) is 6.54 Å². The summed E-state index contributed by atoms with van der Waals surface area (Å²) in [5.41, 5.74) is 11.9. The molecule has 0 saturated carbocycles. The molecule has 0 aliphatic heterocycles. The summed E-state index contributed by atoms with van der Waals surface area (Å²) < 4.78 is 12.9. The van der Waals surface area contributed by atoms with Gasteiger partial charge in [0.25, 0.3) is 0 Å². The predicted molar refractivity (Wildman–Crippen MR) is 56.8 cm³/mol. The van der Waals surface area contributed by atoms with Crippen LogP contribution >= 0.6 is 0 Å². The average Bonchev–Trinajstić information content (AvgIpc) is 2.16. The van der Waals surface area contributed by atoms with E-state index in [9.17, 15) is 9.18 Å². The highest BCUT2D eigenvalue weighted by Gasteiger charge is 2.09. The van der Waals surface area contributed by atoms with Gasteiger partial charge in [0.15, 0.2) is 0 Å². The molecule has 15 heavy (non-hydrogen) atoms. The molecular formula is C10H14FN3O. The Bertz CT molecular complexity index is 368. The Morgan fingerprint density at radius 2 is 2.20 bits per heavy atom. The topological polar surface area (TPSA) is 72.3 Å². The summed E-state index contributed by atoms with van der Waals surface area (Å²) in [6.45, 7) is 0.300. The van der Waals surface area contributed by atoms with Crippen molar-refractivity contribution in [3.63, 3.8) is 0 Å².